The van der Waals surface area contributed by atoms with Gasteiger partial charge in [0.1, 0.15) is 29.8 Å². The lowest BCUT2D eigenvalue weighted by molar-refractivity contribution is -0.137. The Morgan fingerprint density at radius 3 is 2.23 bits per heavy atom. The summed E-state index contributed by atoms with van der Waals surface area (Å²) in [7, 11) is 3.05. The lowest BCUT2D eigenvalue weighted by Crippen LogP contribution is -2.16. The lowest BCUT2D eigenvalue weighted by atomic mass is 9.85. The van der Waals surface area contributed by atoms with E-state index in [0.717, 1.165) is 22.4 Å². The molecule has 0 aliphatic heterocycles. The maximum Gasteiger partial charge on any atom is 0.315 e. The van der Waals surface area contributed by atoms with Gasteiger partial charge < -0.3 is 24.4 Å². The highest BCUT2D eigenvalue weighted by molar-refractivity contribution is 5.85. The number of carboxylic acid groups (broad SMARTS) is 1. The van der Waals surface area contributed by atoms with Gasteiger partial charge in [0.2, 0.25) is 0 Å². The van der Waals surface area contributed by atoms with Gasteiger partial charge >= 0.3 is 5.97 Å². The summed E-state index contributed by atoms with van der Waals surface area (Å²) in [5, 5.41) is 20.2. The minimum absolute atomic E-state index is 0.207. The van der Waals surface area contributed by atoms with Crippen molar-refractivity contribution in [2.24, 2.45) is 0 Å². The number of benzene rings is 4. The largest absolute Gasteiger partial charge is 0.497 e. The molecule has 0 aromatic heterocycles. The van der Waals surface area contributed by atoms with Crippen molar-refractivity contribution >= 4 is 18.1 Å². The van der Waals surface area contributed by atoms with Crippen LogP contribution in [-0.4, -0.2) is 30.4 Å². The Balaban J connectivity index is 1.69. The van der Waals surface area contributed by atoms with Crippen LogP contribution in [-0.2, 0) is 18.0 Å². The van der Waals surface area contributed by atoms with E-state index in [-0.39, 0.29) is 6.61 Å². The zero-order valence-electron chi connectivity index (χ0n) is 22.3. The normalized spacial score (nSPS) is 11.8. The molecule has 0 bridgehead atoms. The SMILES string of the molecule is COc1cc(C)cc(C(C(=O)O)c2c(/C=C/c3ccc(OCc4ccccc4)cc3)cc(CO)cc2OC)c1. The number of aliphatic carboxylic acids is 1. The van der Waals surface area contributed by atoms with Gasteiger partial charge in [0.25, 0.3) is 0 Å². The molecule has 4 aromatic rings. The highest BCUT2D eigenvalue weighted by Crippen LogP contribution is 2.38. The summed E-state index contributed by atoms with van der Waals surface area (Å²) in [5.41, 5.74) is 5.20. The molecule has 6 nitrogen and oxygen atoms in total. The first kappa shape index (κ1) is 27.5. The first-order valence-corrected chi connectivity index (χ1v) is 12.6. The van der Waals surface area contributed by atoms with Crippen molar-refractivity contribution in [3.8, 4) is 17.2 Å². The topological polar surface area (TPSA) is 85.2 Å². The lowest BCUT2D eigenvalue weighted by Gasteiger charge is -2.21. The molecule has 1 atom stereocenters. The Hall–Kier alpha value is -4.55. The van der Waals surface area contributed by atoms with Gasteiger partial charge in [-0.05, 0) is 76.7 Å². The molecular weight excluding hydrogens is 492 g/mol. The van der Waals surface area contributed by atoms with Crippen molar-refractivity contribution in [1.29, 1.82) is 0 Å². The van der Waals surface area contributed by atoms with E-state index in [4.69, 9.17) is 14.2 Å². The summed E-state index contributed by atoms with van der Waals surface area (Å²) in [5.74, 6) is -0.324. The molecule has 6 heteroatoms. The Kier molecular flexibility index (Phi) is 9.02. The van der Waals surface area contributed by atoms with Crippen molar-refractivity contribution in [3.05, 3.63) is 124 Å². The standard InChI is InChI=1S/C33H32O6/c1-22-15-27(19-29(16-22)37-2)32(33(35)36)31-26(17-25(20-34)18-30(31)38-3)12-9-23-10-13-28(14-11-23)39-21-24-7-5-4-6-8-24/h4-19,32,34H,20-21H2,1-3H3,(H,35,36)/b12-9+. The van der Waals surface area contributed by atoms with Gasteiger partial charge in [0.15, 0.2) is 0 Å². The van der Waals surface area contributed by atoms with Crippen LogP contribution in [0.4, 0.5) is 0 Å². The molecule has 1 unspecified atom stereocenters. The molecule has 0 aliphatic carbocycles. The second-order valence-electron chi connectivity index (χ2n) is 9.19. The molecule has 39 heavy (non-hydrogen) atoms. The van der Waals surface area contributed by atoms with Crippen molar-refractivity contribution in [1.82, 2.24) is 0 Å². The molecule has 0 heterocycles. The van der Waals surface area contributed by atoms with Gasteiger partial charge in [-0.3, -0.25) is 4.79 Å². The third-order valence-electron chi connectivity index (χ3n) is 6.40. The number of rotatable bonds is 11. The van der Waals surface area contributed by atoms with Crippen molar-refractivity contribution in [2.45, 2.75) is 26.1 Å². The van der Waals surface area contributed by atoms with Crippen molar-refractivity contribution in [2.75, 3.05) is 14.2 Å². The van der Waals surface area contributed by atoms with Crippen LogP contribution in [0.3, 0.4) is 0 Å². The Bertz CT molecular complexity index is 1440. The average Bonchev–Trinajstić information content (AvgIpc) is 2.96. The van der Waals surface area contributed by atoms with Crippen LogP contribution in [0, 0.1) is 6.92 Å². The van der Waals surface area contributed by atoms with Gasteiger partial charge in [-0.15, -0.1) is 0 Å². The fraction of sp³-hybridized carbons (Fsp3) is 0.182. The Labute approximate surface area is 228 Å². The maximum atomic E-state index is 12.7. The van der Waals surface area contributed by atoms with E-state index < -0.39 is 11.9 Å². The summed E-state index contributed by atoms with van der Waals surface area (Å²) in [6.07, 6.45) is 3.75. The highest BCUT2D eigenvalue weighted by atomic mass is 16.5. The van der Waals surface area contributed by atoms with Crippen LogP contribution in [0.25, 0.3) is 12.2 Å². The van der Waals surface area contributed by atoms with E-state index in [1.807, 2.05) is 85.8 Å². The molecule has 0 radical (unpaired) electrons. The van der Waals surface area contributed by atoms with Crippen LogP contribution in [0.15, 0.2) is 84.9 Å². The molecule has 0 amide bonds. The molecular formula is C33H32O6. The smallest absolute Gasteiger partial charge is 0.315 e. The molecule has 200 valence electrons. The number of aliphatic hydroxyl groups excluding tert-OH is 1. The number of hydrogen-bond donors (Lipinski definition) is 2. The third kappa shape index (κ3) is 6.86. The number of methoxy groups -OCH3 is 2. The Morgan fingerprint density at radius 1 is 0.846 bits per heavy atom. The monoisotopic (exact) mass is 524 g/mol. The van der Waals surface area contributed by atoms with Gasteiger partial charge in [-0.2, -0.15) is 0 Å². The van der Waals surface area contributed by atoms with E-state index in [1.54, 1.807) is 25.3 Å². The number of carboxylic acids is 1. The van der Waals surface area contributed by atoms with Crippen LogP contribution in [0.2, 0.25) is 0 Å². The molecule has 4 rings (SSSR count). The quantitative estimate of drug-likeness (QED) is 0.219. The van der Waals surface area contributed by atoms with E-state index in [2.05, 4.69) is 0 Å². The predicted octanol–water partition coefficient (Wildman–Crippen LogP) is 6.47. The minimum atomic E-state index is -1.02. The van der Waals surface area contributed by atoms with Crippen molar-refractivity contribution < 1.29 is 29.2 Å². The van der Waals surface area contributed by atoms with E-state index in [9.17, 15) is 15.0 Å². The highest BCUT2D eigenvalue weighted by Gasteiger charge is 2.29. The number of hydrogen-bond acceptors (Lipinski definition) is 5. The maximum absolute atomic E-state index is 12.7. The number of ether oxygens (including phenoxy) is 3. The second kappa shape index (κ2) is 12.8. The molecule has 0 saturated carbocycles. The fourth-order valence-corrected chi connectivity index (χ4v) is 4.51. The molecule has 0 aliphatic rings. The van der Waals surface area contributed by atoms with Gasteiger partial charge in [-0.1, -0.05) is 60.7 Å². The minimum Gasteiger partial charge on any atom is -0.497 e. The third-order valence-corrected chi connectivity index (χ3v) is 6.40. The van der Waals surface area contributed by atoms with Gasteiger partial charge in [0, 0.05) is 5.56 Å². The van der Waals surface area contributed by atoms with E-state index in [0.29, 0.717) is 40.4 Å². The predicted molar refractivity (Wildman–Crippen MR) is 152 cm³/mol. The summed E-state index contributed by atoms with van der Waals surface area (Å²) in [6.45, 7) is 2.17. The average molecular weight is 525 g/mol. The first-order chi connectivity index (χ1) is 18.9. The Morgan fingerprint density at radius 2 is 1.59 bits per heavy atom. The van der Waals surface area contributed by atoms with Crippen LogP contribution >= 0.6 is 0 Å². The van der Waals surface area contributed by atoms with E-state index in [1.165, 1.54) is 7.11 Å². The van der Waals surface area contributed by atoms with Crippen LogP contribution in [0.1, 0.15) is 44.9 Å². The van der Waals surface area contributed by atoms with Crippen LogP contribution < -0.4 is 14.2 Å². The molecule has 0 spiro atoms. The zero-order chi connectivity index (χ0) is 27.8. The molecule has 4 aromatic carbocycles. The summed E-state index contributed by atoms with van der Waals surface area (Å²) in [4.78, 5) is 12.7. The second-order valence-corrected chi connectivity index (χ2v) is 9.19. The number of aryl methyl sites for hydroxylation is 1. The fourth-order valence-electron chi connectivity index (χ4n) is 4.51. The number of carbonyl (C=O) groups is 1. The van der Waals surface area contributed by atoms with Gasteiger partial charge in [0.05, 0.1) is 20.8 Å². The molecule has 0 saturated heterocycles. The zero-order valence-corrected chi connectivity index (χ0v) is 22.3. The molecule has 0 fully saturated rings. The molecule has 2 N–H and O–H groups in total. The van der Waals surface area contributed by atoms with E-state index >= 15 is 0 Å². The number of aliphatic hydroxyl groups is 1. The van der Waals surface area contributed by atoms with Crippen LogP contribution in [0.5, 0.6) is 17.2 Å². The summed E-state index contributed by atoms with van der Waals surface area (Å²) >= 11 is 0. The van der Waals surface area contributed by atoms with Crippen molar-refractivity contribution in [3.63, 3.8) is 0 Å². The first-order valence-electron chi connectivity index (χ1n) is 12.6. The summed E-state index contributed by atoms with van der Waals surface area (Å²) in [6, 6.07) is 26.5. The van der Waals surface area contributed by atoms with Gasteiger partial charge in [-0.25, -0.2) is 0 Å². The summed E-state index contributed by atoms with van der Waals surface area (Å²) < 4.78 is 16.9.